The van der Waals surface area contributed by atoms with Gasteiger partial charge in [-0.25, -0.2) is 0 Å². The molecule has 0 aliphatic rings. The van der Waals surface area contributed by atoms with E-state index >= 15 is 0 Å². The summed E-state index contributed by atoms with van der Waals surface area (Å²) in [4.78, 5) is 24.7. The Morgan fingerprint density at radius 2 is 0.938 bits per heavy atom. The summed E-state index contributed by atoms with van der Waals surface area (Å²) in [5.41, 5.74) is 0. The Labute approximate surface area is 297 Å². The van der Waals surface area contributed by atoms with E-state index in [4.69, 9.17) is 14.2 Å². The Kier molecular flexibility index (Phi) is 37.5. The first-order valence-corrected chi connectivity index (χ1v) is 20.2. The molecule has 0 aromatic heterocycles. The van der Waals surface area contributed by atoms with Crippen LogP contribution in [0.25, 0.3) is 0 Å². The number of carbonyl (C=O) groups excluding carboxylic acids is 2. The van der Waals surface area contributed by atoms with Gasteiger partial charge in [-0.3, -0.25) is 9.59 Å². The second-order valence-corrected chi connectivity index (χ2v) is 13.2. The maximum Gasteiger partial charge on any atom is 0.306 e. The minimum Gasteiger partial charge on any atom is -0.462 e. The maximum atomic E-state index is 12.4. The van der Waals surface area contributed by atoms with Crippen LogP contribution in [0.2, 0.25) is 0 Å². The van der Waals surface area contributed by atoms with Crippen molar-refractivity contribution in [1.82, 2.24) is 0 Å². The Hall–Kier alpha value is -2.14. The monoisotopic (exact) mass is 673 g/mol. The Morgan fingerprint density at radius 1 is 0.479 bits per heavy atom. The first kappa shape index (κ1) is 45.9. The number of hydrogen-bond donors (Lipinski definition) is 0. The average Bonchev–Trinajstić information content (AvgIpc) is 3.08. The zero-order valence-electron chi connectivity index (χ0n) is 31.7. The van der Waals surface area contributed by atoms with Crippen molar-refractivity contribution in [2.45, 2.75) is 194 Å². The Morgan fingerprint density at radius 3 is 1.50 bits per heavy atom. The molecule has 0 N–H and O–H groups in total. The van der Waals surface area contributed by atoms with Crippen LogP contribution in [0.5, 0.6) is 0 Å². The molecule has 0 aromatic carbocycles. The van der Waals surface area contributed by atoms with Gasteiger partial charge in [0.25, 0.3) is 0 Å². The largest absolute Gasteiger partial charge is 0.462 e. The Bertz CT molecular complexity index is 812. The summed E-state index contributed by atoms with van der Waals surface area (Å²) >= 11 is 0. The summed E-state index contributed by atoms with van der Waals surface area (Å²) in [6, 6.07) is 0. The third-order valence-corrected chi connectivity index (χ3v) is 8.38. The molecular weight excluding hydrogens is 596 g/mol. The van der Waals surface area contributed by atoms with E-state index in [0.717, 1.165) is 70.6 Å². The maximum absolute atomic E-state index is 12.4. The van der Waals surface area contributed by atoms with Crippen LogP contribution < -0.4 is 0 Å². The van der Waals surface area contributed by atoms with E-state index in [1.807, 2.05) is 0 Å². The predicted octanol–water partition coefficient (Wildman–Crippen LogP) is 12.9. The quantitative estimate of drug-likeness (QED) is 0.0376. The highest BCUT2D eigenvalue weighted by Gasteiger charge is 2.17. The predicted molar refractivity (Wildman–Crippen MR) is 205 cm³/mol. The van der Waals surface area contributed by atoms with Crippen LogP contribution in [-0.4, -0.2) is 37.9 Å². The molecule has 5 nitrogen and oxygen atoms in total. The average molecular weight is 673 g/mol. The number of ether oxygens (including phenoxy) is 3. The minimum atomic E-state index is -0.531. The third-order valence-electron chi connectivity index (χ3n) is 8.38. The minimum absolute atomic E-state index is 0.0812. The molecule has 0 fully saturated rings. The van der Waals surface area contributed by atoms with Gasteiger partial charge >= 0.3 is 11.9 Å². The van der Waals surface area contributed by atoms with Crippen molar-refractivity contribution in [1.29, 1.82) is 0 Å². The number of unbranched alkanes of at least 4 members (excludes halogenated alkanes) is 17. The van der Waals surface area contributed by atoms with Crippen LogP contribution in [0.15, 0.2) is 48.6 Å². The Balaban J connectivity index is 4.02. The van der Waals surface area contributed by atoms with Crippen molar-refractivity contribution >= 4 is 11.9 Å². The van der Waals surface area contributed by atoms with Crippen LogP contribution in [0.1, 0.15) is 188 Å². The molecule has 5 heteroatoms. The van der Waals surface area contributed by atoms with Gasteiger partial charge in [-0.1, -0.05) is 166 Å². The summed E-state index contributed by atoms with van der Waals surface area (Å²) in [5, 5.41) is 0. The lowest BCUT2D eigenvalue weighted by Crippen LogP contribution is -2.30. The summed E-state index contributed by atoms with van der Waals surface area (Å²) in [6.45, 7) is 7.57. The van der Waals surface area contributed by atoms with Gasteiger partial charge in [-0.15, -0.1) is 0 Å². The van der Waals surface area contributed by atoms with Gasteiger partial charge in [-0.2, -0.15) is 0 Å². The summed E-state index contributed by atoms with van der Waals surface area (Å²) in [5.74, 6) is -0.423. The topological polar surface area (TPSA) is 61.8 Å². The molecule has 0 spiro atoms. The molecule has 0 aromatic rings. The van der Waals surface area contributed by atoms with E-state index in [1.54, 1.807) is 0 Å². The highest BCUT2D eigenvalue weighted by molar-refractivity contribution is 5.70. The molecule has 278 valence electrons. The van der Waals surface area contributed by atoms with Crippen LogP contribution in [0, 0.1) is 0 Å². The smallest absolute Gasteiger partial charge is 0.306 e. The lowest BCUT2D eigenvalue weighted by molar-refractivity contribution is -0.163. The van der Waals surface area contributed by atoms with Crippen LogP contribution in [-0.2, 0) is 23.8 Å². The second-order valence-electron chi connectivity index (χ2n) is 13.2. The number of rotatable bonds is 36. The fraction of sp³-hybridized carbons (Fsp3) is 0.767. The zero-order valence-corrected chi connectivity index (χ0v) is 31.7. The molecule has 0 heterocycles. The molecule has 48 heavy (non-hydrogen) atoms. The van der Waals surface area contributed by atoms with E-state index in [2.05, 4.69) is 69.4 Å². The van der Waals surface area contributed by atoms with Crippen molar-refractivity contribution in [3.63, 3.8) is 0 Å². The molecular formula is C43H76O5. The van der Waals surface area contributed by atoms with E-state index in [9.17, 15) is 9.59 Å². The van der Waals surface area contributed by atoms with Gasteiger partial charge in [0, 0.05) is 19.4 Å². The lowest BCUT2D eigenvalue weighted by Gasteiger charge is -2.18. The fourth-order valence-corrected chi connectivity index (χ4v) is 5.38. The van der Waals surface area contributed by atoms with Gasteiger partial charge in [0.2, 0.25) is 0 Å². The van der Waals surface area contributed by atoms with Crippen molar-refractivity contribution < 1.29 is 23.8 Å². The number of esters is 2. The SMILES string of the molecule is CC/C=C\C/C=C\C/C=C\C/C=C\CCCCCCCCCOCC(COC(=O)CCCCCCCCC)OC(=O)CCCCCCC. The fourth-order valence-electron chi connectivity index (χ4n) is 5.38. The van der Waals surface area contributed by atoms with Crippen molar-refractivity contribution in [3.8, 4) is 0 Å². The third kappa shape index (κ3) is 36.7. The molecule has 0 bridgehead atoms. The van der Waals surface area contributed by atoms with Crippen LogP contribution in [0.3, 0.4) is 0 Å². The van der Waals surface area contributed by atoms with E-state index in [-0.39, 0.29) is 25.2 Å². The van der Waals surface area contributed by atoms with Gasteiger partial charge in [-0.05, 0) is 57.8 Å². The van der Waals surface area contributed by atoms with Gasteiger partial charge < -0.3 is 14.2 Å². The van der Waals surface area contributed by atoms with Gasteiger partial charge in [0.05, 0.1) is 6.61 Å². The first-order valence-electron chi connectivity index (χ1n) is 20.2. The van der Waals surface area contributed by atoms with E-state index in [1.165, 1.54) is 83.5 Å². The van der Waals surface area contributed by atoms with Gasteiger partial charge in [0.15, 0.2) is 6.10 Å². The molecule has 1 unspecified atom stereocenters. The van der Waals surface area contributed by atoms with Crippen molar-refractivity contribution in [2.24, 2.45) is 0 Å². The number of hydrogen-bond acceptors (Lipinski definition) is 5. The number of carbonyl (C=O) groups is 2. The molecule has 0 saturated carbocycles. The van der Waals surface area contributed by atoms with Crippen molar-refractivity contribution in [2.75, 3.05) is 19.8 Å². The first-order chi connectivity index (χ1) is 23.6. The molecule has 1 atom stereocenters. The molecule has 0 aliphatic heterocycles. The van der Waals surface area contributed by atoms with Crippen LogP contribution in [0.4, 0.5) is 0 Å². The highest BCUT2D eigenvalue weighted by atomic mass is 16.6. The van der Waals surface area contributed by atoms with E-state index in [0.29, 0.717) is 19.4 Å². The molecule has 0 radical (unpaired) electrons. The second kappa shape index (κ2) is 39.3. The normalized spacial score (nSPS) is 12.6. The molecule has 0 saturated heterocycles. The van der Waals surface area contributed by atoms with Crippen LogP contribution >= 0.6 is 0 Å². The highest BCUT2D eigenvalue weighted by Crippen LogP contribution is 2.12. The zero-order chi connectivity index (χ0) is 35.0. The standard InChI is InChI=1S/C43H76O5/c1-4-7-10-13-15-16-17-18-19-20-21-22-23-24-25-26-27-29-32-35-38-46-39-41(48-43(45)37-34-30-12-9-6-3)40-47-42(44)36-33-31-28-14-11-8-5-2/h7,10,15-16,18-19,21-22,41H,4-6,8-9,11-14,17,20,23-40H2,1-3H3/b10-7-,16-15-,19-18-,22-21-. The van der Waals surface area contributed by atoms with Gasteiger partial charge in [0.1, 0.15) is 6.61 Å². The van der Waals surface area contributed by atoms with E-state index < -0.39 is 6.10 Å². The summed E-state index contributed by atoms with van der Waals surface area (Å²) in [6.07, 6.45) is 45.7. The molecule has 0 aliphatic carbocycles. The van der Waals surface area contributed by atoms with Crippen molar-refractivity contribution in [3.05, 3.63) is 48.6 Å². The number of allylic oxidation sites excluding steroid dienone is 8. The summed E-state index contributed by atoms with van der Waals surface area (Å²) < 4.78 is 17.1. The lowest BCUT2D eigenvalue weighted by atomic mass is 10.1. The molecule has 0 amide bonds. The summed E-state index contributed by atoms with van der Waals surface area (Å²) in [7, 11) is 0. The molecule has 0 rings (SSSR count).